The molecular formula is C18H20N2O4S. The zero-order valence-corrected chi connectivity index (χ0v) is 15.0. The minimum Gasteiger partial charge on any atom is -0.493 e. The third-order valence-corrected chi connectivity index (χ3v) is 5.33. The maximum Gasteiger partial charge on any atom is 0.279 e. The molecule has 6 nitrogen and oxygen atoms in total. The Kier molecular flexibility index (Phi) is 5.23. The number of ether oxygens (including phenoxy) is 2. The summed E-state index contributed by atoms with van der Waals surface area (Å²) >= 11 is 1.50. The standard InChI is InChI=1S/C18H20N2O4S/c1-23-13-7-6-11(8-14(13)24-2)9-17(21)19-20-18(22)16-10-12-4-3-5-15(12)25-16/h6-8,10H,3-5,9H2,1-2H3,(H,19,21)(H,20,22). The Morgan fingerprint density at radius 1 is 1.08 bits per heavy atom. The predicted molar refractivity (Wildman–Crippen MR) is 95.2 cm³/mol. The number of carbonyl (C=O) groups is 2. The van der Waals surface area contributed by atoms with Gasteiger partial charge in [0.15, 0.2) is 11.5 Å². The average molecular weight is 360 g/mol. The highest BCUT2D eigenvalue weighted by Gasteiger charge is 2.18. The smallest absolute Gasteiger partial charge is 0.279 e. The van der Waals surface area contributed by atoms with Gasteiger partial charge in [-0.3, -0.25) is 20.4 Å². The molecule has 2 aromatic rings. The van der Waals surface area contributed by atoms with Crippen LogP contribution in [-0.2, 0) is 24.1 Å². The molecule has 0 fully saturated rings. The molecule has 0 bridgehead atoms. The van der Waals surface area contributed by atoms with Gasteiger partial charge in [0.05, 0.1) is 25.5 Å². The van der Waals surface area contributed by atoms with Gasteiger partial charge in [-0.2, -0.15) is 0 Å². The molecule has 0 unspecified atom stereocenters. The lowest BCUT2D eigenvalue weighted by atomic mass is 10.1. The highest BCUT2D eigenvalue weighted by molar-refractivity contribution is 7.14. The van der Waals surface area contributed by atoms with Gasteiger partial charge >= 0.3 is 0 Å². The number of fused-ring (bicyclic) bond motifs is 1. The second kappa shape index (κ2) is 7.57. The number of hydrogen-bond donors (Lipinski definition) is 2. The summed E-state index contributed by atoms with van der Waals surface area (Å²) in [6.45, 7) is 0. The number of benzene rings is 1. The van der Waals surface area contributed by atoms with Gasteiger partial charge in [0.25, 0.3) is 5.91 Å². The third kappa shape index (κ3) is 3.93. The number of aryl methyl sites for hydroxylation is 2. The van der Waals surface area contributed by atoms with Crippen molar-refractivity contribution in [2.75, 3.05) is 14.2 Å². The van der Waals surface area contributed by atoms with Crippen LogP contribution in [0.25, 0.3) is 0 Å². The average Bonchev–Trinajstić information content (AvgIpc) is 3.21. The fraction of sp³-hybridized carbons (Fsp3) is 0.333. The van der Waals surface area contributed by atoms with Crippen LogP contribution in [0, 0.1) is 0 Å². The predicted octanol–water partition coefficient (Wildman–Crippen LogP) is 2.26. The Bertz CT molecular complexity index is 779. The summed E-state index contributed by atoms with van der Waals surface area (Å²) in [5, 5.41) is 0. The fourth-order valence-electron chi connectivity index (χ4n) is 2.85. The minimum absolute atomic E-state index is 0.127. The molecule has 0 radical (unpaired) electrons. The molecule has 2 N–H and O–H groups in total. The molecule has 1 aliphatic rings. The normalized spacial score (nSPS) is 12.4. The van der Waals surface area contributed by atoms with Crippen LogP contribution in [0.3, 0.4) is 0 Å². The largest absolute Gasteiger partial charge is 0.493 e. The third-order valence-electron chi connectivity index (χ3n) is 4.10. The lowest BCUT2D eigenvalue weighted by Crippen LogP contribution is -2.42. The molecule has 0 spiro atoms. The zero-order valence-electron chi connectivity index (χ0n) is 14.2. The fourth-order valence-corrected chi connectivity index (χ4v) is 4.00. The van der Waals surface area contributed by atoms with E-state index in [2.05, 4.69) is 10.9 Å². The highest BCUT2D eigenvalue weighted by Crippen LogP contribution is 2.30. The van der Waals surface area contributed by atoms with Gasteiger partial charge in [-0.25, -0.2) is 0 Å². The van der Waals surface area contributed by atoms with Crippen LogP contribution in [0.4, 0.5) is 0 Å². The first-order chi connectivity index (χ1) is 12.1. The number of nitrogens with one attached hydrogen (secondary N) is 2. The quantitative estimate of drug-likeness (QED) is 0.802. The maximum atomic E-state index is 12.1. The van der Waals surface area contributed by atoms with Crippen molar-refractivity contribution in [3.8, 4) is 11.5 Å². The summed E-state index contributed by atoms with van der Waals surface area (Å²) in [4.78, 5) is 26.1. The second-order valence-corrected chi connectivity index (χ2v) is 6.92. The van der Waals surface area contributed by atoms with Crippen molar-refractivity contribution in [3.05, 3.63) is 45.1 Å². The molecule has 1 aliphatic carbocycles. The van der Waals surface area contributed by atoms with E-state index in [4.69, 9.17) is 9.47 Å². The van der Waals surface area contributed by atoms with E-state index in [1.165, 1.54) is 21.8 Å². The van der Waals surface area contributed by atoms with Crippen molar-refractivity contribution < 1.29 is 19.1 Å². The highest BCUT2D eigenvalue weighted by atomic mass is 32.1. The van der Waals surface area contributed by atoms with Gasteiger partial charge in [0.1, 0.15) is 0 Å². The first-order valence-electron chi connectivity index (χ1n) is 8.02. The molecule has 7 heteroatoms. The van der Waals surface area contributed by atoms with E-state index in [1.807, 2.05) is 6.07 Å². The zero-order chi connectivity index (χ0) is 17.8. The van der Waals surface area contributed by atoms with Crippen molar-refractivity contribution in [2.45, 2.75) is 25.7 Å². The first-order valence-corrected chi connectivity index (χ1v) is 8.84. The van der Waals surface area contributed by atoms with Gasteiger partial charge < -0.3 is 9.47 Å². The Morgan fingerprint density at radius 3 is 2.60 bits per heavy atom. The maximum absolute atomic E-state index is 12.1. The monoisotopic (exact) mass is 360 g/mol. The molecule has 132 valence electrons. The second-order valence-electron chi connectivity index (χ2n) is 5.78. The molecule has 0 aliphatic heterocycles. The van der Waals surface area contributed by atoms with Crippen molar-refractivity contribution in [3.63, 3.8) is 0 Å². The van der Waals surface area contributed by atoms with Crippen LogP contribution in [0.1, 0.15) is 32.1 Å². The van der Waals surface area contributed by atoms with E-state index in [9.17, 15) is 9.59 Å². The van der Waals surface area contributed by atoms with Crippen molar-refractivity contribution in [1.82, 2.24) is 10.9 Å². The number of hydrogen-bond acceptors (Lipinski definition) is 5. The summed E-state index contributed by atoms with van der Waals surface area (Å²) in [6, 6.07) is 7.19. The van der Waals surface area contributed by atoms with Gasteiger partial charge in [0.2, 0.25) is 5.91 Å². The van der Waals surface area contributed by atoms with Crippen molar-refractivity contribution in [1.29, 1.82) is 0 Å². The van der Waals surface area contributed by atoms with Gasteiger partial charge in [-0.05, 0) is 48.6 Å². The Balaban J connectivity index is 1.54. The Hall–Kier alpha value is -2.54. The van der Waals surface area contributed by atoms with Crippen LogP contribution in [0.15, 0.2) is 24.3 Å². The molecule has 1 aromatic carbocycles. The number of thiophene rings is 1. The number of methoxy groups -OCH3 is 2. The first kappa shape index (κ1) is 17.3. The number of carbonyl (C=O) groups excluding carboxylic acids is 2. The number of rotatable bonds is 5. The van der Waals surface area contributed by atoms with Crippen molar-refractivity contribution in [2.24, 2.45) is 0 Å². The molecular weight excluding hydrogens is 340 g/mol. The molecule has 0 saturated heterocycles. The van der Waals surface area contributed by atoms with Crippen LogP contribution < -0.4 is 20.3 Å². The lowest BCUT2D eigenvalue weighted by molar-refractivity contribution is -0.121. The molecule has 1 heterocycles. The Morgan fingerprint density at radius 2 is 1.88 bits per heavy atom. The SMILES string of the molecule is COc1ccc(CC(=O)NNC(=O)c2cc3c(s2)CCC3)cc1OC. The van der Waals surface area contributed by atoms with Crippen LogP contribution >= 0.6 is 11.3 Å². The Labute approximate surface area is 150 Å². The van der Waals surface area contributed by atoms with Gasteiger partial charge in [-0.1, -0.05) is 6.07 Å². The van der Waals surface area contributed by atoms with E-state index < -0.39 is 0 Å². The van der Waals surface area contributed by atoms with Gasteiger partial charge in [0, 0.05) is 4.88 Å². The molecule has 0 atom stereocenters. The molecule has 1 aromatic heterocycles. The van der Waals surface area contributed by atoms with Crippen LogP contribution in [-0.4, -0.2) is 26.0 Å². The molecule has 2 amide bonds. The molecule has 0 saturated carbocycles. The van der Waals surface area contributed by atoms with E-state index >= 15 is 0 Å². The summed E-state index contributed by atoms with van der Waals surface area (Å²) in [5.41, 5.74) is 6.95. The summed E-state index contributed by atoms with van der Waals surface area (Å²) in [5.74, 6) is 0.584. The van der Waals surface area contributed by atoms with E-state index in [-0.39, 0.29) is 18.2 Å². The summed E-state index contributed by atoms with van der Waals surface area (Å²) < 4.78 is 10.4. The van der Waals surface area contributed by atoms with Crippen LogP contribution in [0.2, 0.25) is 0 Å². The number of hydrazine groups is 1. The number of amides is 2. The molecule has 3 rings (SSSR count). The van der Waals surface area contributed by atoms with E-state index in [0.29, 0.717) is 16.4 Å². The summed E-state index contributed by atoms with van der Waals surface area (Å²) in [6.07, 6.45) is 3.36. The lowest BCUT2D eigenvalue weighted by Gasteiger charge is -2.10. The van der Waals surface area contributed by atoms with Crippen molar-refractivity contribution >= 4 is 23.2 Å². The topological polar surface area (TPSA) is 76.7 Å². The van der Waals surface area contributed by atoms with E-state index in [1.54, 1.807) is 32.4 Å². The van der Waals surface area contributed by atoms with Gasteiger partial charge in [-0.15, -0.1) is 11.3 Å². The summed E-state index contributed by atoms with van der Waals surface area (Å²) in [7, 11) is 3.10. The van der Waals surface area contributed by atoms with E-state index in [0.717, 1.165) is 24.8 Å². The molecule has 25 heavy (non-hydrogen) atoms. The minimum atomic E-state index is -0.301. The van der Waals surface area contributed by atoms with Crippen LogP contribution in [0.5, 0.6) is 11.5 Å².